The fourth-order valence-corrected chi connectivity index (χ4v) is 4.19. The molecule has 1 saturated carbocycles. The van der Waals surface area contributed by atoms with Crippen LogP contribution in [0.15, 0.2) is 30.3 Å². The van der Waals surface area contributed by atoms with E-state index in [1.807, 2.05) is 37.4 Å². The van der Waals surface area contributed by atoms with Gasteiger partial charge in [-0.05, 0) is 44.8 Å². The molecule has 2 fully saturated rings. The van der Waals surface area contributed by atoms with Crippen LogP contribution in [0.25, 0.3) is 0 Å². The van der Waals surface area contributed by atoms with Crippen molar-refractivity contribution in [3.05, 3.63) is 35.9 Å². The average Bonchev–Trinajstić information content (AvgIpc) is 2.62. The molecule has 1 aromatic carbocycles. The molecular weight excluding hydrogens is 302 g/mol. The SMILES string of the molecule is CN1CCC[C@@H](OC(=O)[C@@](O)(c2ccccc2)C2CCCCC2)C1. The minimum atomic E-state index is -1.52. The zero-order valence-electron chi connectivity index (χ0n) is 14.6. The Morgan fingerprint density at radius 3 is 2.50 bits per heavy atom. The molecule has 1 N–H and O–H groups in total. The van der Waals surface area contributed by atoms with Gasteiger partial charge in [0.05, 0.1) is 0 Å². The van der Waals surface area contributed by atoms with Crippen molar-refractivity contribution in [1.82, 2.24) is 4.90 Å². The summed E-state index contributed by atoms with van der Waals surface area (Å²) in [7, 11) is 2.05. The standard InChI is InChI=1S/C20H29NO3/c1-21-14-8-13-18(15-21)24-19(22)20(23,16-9-4-2-5-10-16)17-11-6-3-7-12-17/h2,4-5,9-10,17-18,23H,3,6-8,11-15H2,1H3/t18-,20-/m1/s1. The van der Waals surface area contributed by atoms with E-state index in [1.54, 1.807) is 0 Å². The van der Waals surface area contributed by atoms with Gasteiger partial charge in [-0.2, -0.15) is 0 Å². The third-order valence-electron chi connectivity index (χ3n) is 5.58. The molecule has 0 bridgehead atoms. The minimum absolute atomic E-state index is 0.0533. The van der Waals surface area contributed by atoms with E-state index in [0.29, 0.717) is 5.56 Å². The summed E-state index contributed by atoms with van der Waals surface area (Å²) >= 11 is 0. The fourth-order valence-electron chi connectivity index (χ4n) is 4.19. The van der Waals surface area contributed by atoms with E-state index in [0.717, 1.165) is 51.6 Å². The molecule has 0 aromatic heterocycles. The summed E-state index contributed by atoms with van der Waals surface area (Å²) in [6.45, 7) is 1.79. The number of likely N-dealkylation sites (N-methyl/N-ethyl adjacent to an activating group) is 1. The van der Waals surface area contributed by atoms with Gasteiger partial charge in [0.2, 0.25) is 0 Å². The lowest BCUT2D eigenvalue weighted by Crippen LogP contribution is -2.48. The van der Waals surface area contributed by atoms with Crippen molar-refractivity contribution < 1.29 is 14.6 Å². The third kappa shape index (κ3) is 3.65. The molecule has 0 amide bonds. The number of piperidine rings is 1. The highest BCUT2D eigenvalue weighted by molar-refractivity contribution is 5.81. The Balaban J connectivity index is 1.82. The van der Waals surface area contributed by atoms with E-state index in [9.17, 15) is 9.90 Å². The van der Waals surface area contributed by atoms with Crippen LogP contribution in [0.4, 0.5) is 0 Å². The first-order valence-electron chi connectivity index (χ1n) is 9.28. The first-order valence-corrected chi connectivity index (χ1v) is 9.28. The summed E-state index contributed by atoms with van der Waals surface area (Å²) < 4.78 is 5.80. The van der Waals surface area contributed by atoms with E-state index in [4.69, 9.17) is 4.74 Å². The minimum Gasteiger partial charge on any atom is -0.459 e. The van der Waals surface area contributed by atoms with Gasteiger partial charge in [-0.3, -0.25) is 0 Å². The van der Waals surface area contributed by atoms with Gasteiger partial charge in [0, 0.05) is 12.5 Å². The Hall–Kier alpha value is -1.39. The second-order valence-corrected chi connectivity index (χ2v) is 7.40. The lowest BCUT2D eigenvalue weighted by atomic mass is 9.73. The van der Waals surface area contributed by atoms with Crippen molar-refractivity contribution in [3.8, 4) is 0 Å². The second-order valence-electron chi connectivity index (χ2n) is 7.40. The molecule has 2 aliphatic rings. The predicted molar refractivity (Wildman–Crippen MR) is 93.5 cm³/mol. The number of hydrogen-bond acceptors (Lipinski definition) is 4. The first kappa shape index (κ1) is 17.4. The molecule has 4 heteroatoms. The molecule has 0 unspecified atom stereocenters. The molecule has 132 valence electrons. The number of nitrogens with zero attached hydrogens (tertiary/aromatic N) is 1. The van der Waals surface area contributed by atoms with Crippen LogP contribution in [-0.2, 0) is 15.1 Å². The van der Waals surface area contributed by atoms with Crippen LogP contribution >= 0.6 is 0 Å². The van der Waals surface area contributed by atoms with Crippen LogP contribution in [0.5, 0.6) is 0 Å². The number of carbonyl (C=O) groups excluding carboxylic acids is 1. The van der Waals surface area contributed by atoms with Gasteiger partial charge in [0.1, 0.15) is 6.10 Å². The van der Waals surface area contributed by atoms with E-state index >= 15 is 0 Å². The summed E-state index contributed by atoms with van der Waals surface area (Å²) in [6, 6.07) is 9.37. The monoisotopic (exact) mass is 331 g/mol. The van der Waals surface area contributed by atoms with Gasteiger partial charge in [-0.25, -0.2) is 4.79 Å². The molecule has 4 nitrogen and oxygen atoms in total. The molecule has 2 atom stereocenters. The average molecular weight is 331 g/mol. The third-order valence-corrected chi connectivity index (χ3v) is 5.58. The topological polar surface area (TPSA) is 49.8 Å². The van der Waals surface area contributed by atoms with Gasteiger partial charge in [-0.1, -0.05) is 49.6 Å². The fraction of sp³-hybridized carbons (Fsp3) is 0.650. The number of benzene rings is 1. The maximum atomic E-state index is 13.0. The number of hydrogen-bond donors (Lipinski definition) is 1. The Morgan fingerprint density at radius 1 is 1.12 bits per heavy atom. The van der Waals surface area contributed by atoms with Crippen LogP contribution in [-0.4, -0.2) is 42.2 Å². The van der Waals surface area contributed by atoms with Gasteiger partial charge in [0.15, 0.2) is 5.60 Å². The molecule has 3 rings (SSSR count). The molecule has 24 heavy (non-hydrogen) atoms. The molecule has 1 heterocycles. The van der Waals surface area contributed by atoms with Crippen LogP contribution < -0.4 is 0 Å². The highest BCUT2D eigenvalue weighted by Gasteiger charge is 2.47. The number of ether oxygens (including phenoxy) is 1. The molecule has 0 spiro atoms. The molecule has 1 aliphatic carbocycles. The maximum absolute atomic E-state index is 13.0. The summed E-state index contributed by atoms with van der Waals surface area (Å²) in [6.07, 6.45) is 6.88. The summed E-state index contributed by atoms with van der Waals surface area (Å²) in [5, 5.41) is 11.5. The number of carbonyl (C=O) groups is 1. The van der Waals surface area contributed by atoms with Crippen LogP contribution in [0, 0.1) is 5.92 Å². The highest BCUT2D eigenvalue weighted by atomic mass is 16.6. The van der Waals surface area contributed by atoms with E-state index in [1.165, 1.54) is 6.42 Å². The number of aliphatic hydroxyl groups is 1. The lowest BCUT2D eigenvalue weighted by Gasteiger charge is -2.38. The number of rotatable bonds is 4. The Kier molecular flexibility index (Phi) is 5.57. The Bertz CT molecular complexity index is 541. The normalized spacial score (nSPS) is 25.8. The van der Waals surface area contributed by atoms with Crippen molar-refractivity contribution in [2.45, 2.75) is 56.7 Å². The van der Waals surface area contributed by atoms with Crippen LogP contribution in [0.3, 0.4) is 0 Å². The number of esters is 1. The first-order chi connectivity index (χ1) is 11.6. The molecule has 1 aromatic rings. The van der Waals surface area contributed by atoms with Crippen molar-refractivity contribution in [2.75, 3.05) is 20.1 Å². The quantitative estimate of drug-likeness (QED) is 0.862. The molecule has 0 radical (unpaired) electrons. The van der Waals surface area contributed by atoms with Crippen molar-refractivity contribution >= 4 is 5.97 Å². The van der Waals surface area contributed by atoms with Crippen LogP contribution in [0.1, 0.15) is 50.5 Å². The van der Waals surface area contributed by atoms with Gasteiger partial charge in [0.25, 0.3) is 0 Å². The maximum Gasteiger partial charge on any atom is 0.343 e. The highest BCUT2D eigenvalue weighted by Crippen LogP contribution is 2.40. The predicted octanol–water partition coefficient (Wildman–Crippen LogP) is 3.09. The van der Waals surface area contributed by atoms with Crippen molar-refractivity contribution in [2.24, 2.45) is 5.92 Å². The summed E-state index contributed by atoms with van der Waals surface area (Å²) in [4.78, 5) is 15.2. The Morgan fingerprint density at radius 2 is 1.83 bits per heavy atom. The van der Waals surface area contributed by atoms with E-state index in [-0.39, 0.29) is 12.0 Å². The Labute approximate surface area is 144 Å². The smallest absolute Gasteiger partial charge is 0.343 e. The zero-order valence-corrected chi connectivity index (χ0v) is 14.6. The van der Waals surface area contributed by atoms with Gasteiger partial charge in [-0.15, -0.1) is 0 Å². The van der Waals surface area contributed by atoms with Crippen molar-refractivity contribution in [1.29, 1.82) is 0 Å². The van der Waals surface area contributed by atoms with Gasteiger partial charge >= 0.3 is 5.97 Å². The summed E-state index contributed by atoms with van der Waals surface area (Å²) in [5.74, 6) is -0.511. The van der Waals surface area contributed by atoms with Crippen LogP contribution in [0.2, 0.25) is 0 Å². The molecular formula is C20H29NO3. The van der Waals surface area contributed by atoms with E-state index < -0.39 is 11.6 Å². The van der Waals surface area contributed by atoms with Crippen molar-refractivity contribution in [3.63, 3.8) is 0 Å². The lowest BCUT2D eigenvalue weighted by molar-refractivity contribution is -0.183. The van der Waals surface area contributed by atoms with Gasteiger partial charge < -0.3 is 14.7 Å². The second kappa shape index (κ2) is 7.66. The molecule has 1 saturated heterocycles. The van der Waals surface area contributed by atoms with E-state index in [2.05, 4.69) is 4.90 Å². The largest absolute Gasteiger partial charge is 0.459 e. The number of likely N-dealkylation sites (tertiary alicyclic amines) is 1. The zero-order chi connectivity index (χ0) is 17.0. The molecule has 1 aliphatic heterocycles. The summed E-state index contributed by atoms with van der Waals surface area (Å²) in [5.41, 5.74) is -0.844.